The Morgan fingerprint density at radius 3 is 2.94 bits per heavy atom. The van der Waals surface area contributed by atoms with Gasteiger partial charge < -0.3 is 15.7 Å². The predicted molar refractivity (Wildman–Crippen MR) is 69.0 cm³/mol. The number of primary amides is 1. The smallest absolute Gasteiger partial charge is 0.222 e. The lowest BCUT2D eigenvalue weighted by atomic mass is 10.1. The van der Waals surface area contributed by atoms with Crippen LogP contribution in [0.1, 0.15) is 31.6 Å². The van der Waals surface area contributed by atoms with Crippen LogP contribution in [0.4, 0.5) is 5.69 Å². The van der Waals surface area contributed by atoms with E-state index in [0.29, 0.717) is 18.7 Å². The molecule has 2 heterocycles. The third-order valence-corrected chi connectivity index (χ3v) is 3.45. The molecule has 1 aliphatic rings. The topological polar surface area (TPSA) is 79.5 Å². The highest BCUT2D eigenvalue weighted by Crippen LogP contribution is 2.24. The number of amides is 1. The molecule has 1 amide bonds. The van der Waals surface area contributed by atoms with Gasteiger partial charge in [0.25, 0.3) is 0 Å². The van der Waals surface area contributed by atoms with E-state index >= 15 is 0 Å². The first-order chi connectivity index (χ1) is 8.61. The van der Waals surface area contributed by atoms with Crippen molar-refractivity contribution in [2.24, 2.45) is 11.7 Å². The molecular formula is C13H19N3O2. The Kier molecular flexibility index (Phi) is 3.81. The summed E-state index contributed by atoms with van der Waals surface area (Å²) in [5.41, 5.74) is 6.97. The van der Waals surface area contributed by atoms with Crippen molar-refractivity contribution in [3.8, 4) is 0 Å². The highest BCUT2D eigenvalue weighted by Gasteiger charge is 2.26. The maximum absolute atomic E-state index is 11.1. The number of carbonyl (C=O) groups is 1. The van der Waals surface area contributed by atoms with Gasteiger partial charge in [-0.3, -0.25) is 9.78 Å². The summed E-state index contributed by atoms with van der Waals surface area (Å²) < 4.78 is 0. The zero-order valence-electron chi connectivity index (χ0n) is 10.5. The fourth-order valence-corrected chi connectivity index (χ4v) is 2.22. The molecule has 5 nitrogen and oxygen atoms in total. The average molecular weight is 249 g/mol. The van der Waals surface area contributed by atoms with Crippen molar-refractivity contribution in [1.82, 2.24) is 4.98 Å². The fraction of sp³-hybridized carbons (Fsp3) is 0.538. The minimum atomic E-state index is -0.504. The molecule has 1 saturated heterocycles. The van der Waals surface area contributed by atoms with Crippen molar-refractivity contribution in [2.75, 3.05) is 18.0 Å². The van der Waals surface area contributed by atoms with E-state index in [-0.39, 0.29) is 11.8 Å². The first-order valence-corrected chi connectivity index (χ1v) is 6.30. The molecule has 3 N–H and O–H groups in total. The van der Waals surface area contributed by atoms with Crippen molar-refractivity contribution < 1.29 is 9.90 Å². The molecule has 2 rings (SSSR count). The van der Waals surface area contributed by atoms with E-state index in [2.05, 4.69) is 9.88 Å². The maximum atomic E-state index is 11.1. The zero-order valence-corrected chi connectivity index (χ0v) is 10.5. The summed E-state index contributed by atoms with van der Waals surface area (Å²) in [6.45, 7) is 3.40. The summed E-state index contributed by atoms with van der Waals surface area (Å²) >= 11 is 0. The van der Waals surface area contributed by atoms with E-state index in [1.54, 1.807) is 6.20 Å². The molecule has 0 radical (unpaired) electrons. The van der Waals surface area contributed by atoms with Crippen LogP contribution >= 0.6 is 0 Å². The largest absolute Gasteiger partial charge is 0.387 e. The Morgan fingerprint density at radius 1 is 1.67 bits per heavy atom. The summed E-state index contributed by atoms with van der Waals surface area (Å²) in [7, 11) is 0. The lowest BCUT2D eigenvalue weighted by molar-refractivity contribution is -0.121. The third-order valence-electron chi connectivity index (χ3n) is 3.45. The van der Waals surface area contributed by atoms with Gasteiger partial charge in [-0.25, -0.2) is 0 Å². The fourth-order valence-electron chi connectivity index (χ4n) is 2.22. The van der Waals surface area contributed by atoms with Gasteiger partial charge in [-0.2, -0.15) is 0 Å². The van der Waals surface area contributed by atoms with Crippen LogP contribution in [-0.4, -0.2) is 29.1 Å². The number of anilines is 1. The Labute approximate surface area is 107 Å². The number of aliphatic hydroxyl groups is 1. The number of carbonyl (C=O) groups excluding carboxylic acids is 1. The van der Waals surface area contributed by atoms with Crippen LogP contribution in [-0.2, 0) is 4.79 Å². The second-order valence-corrected chi connectivity index (χ2v) is 4.70. The molecule has 18 heavy (non-hydrogen) atoms. The summed E-state index contributed by atoms with van der Waals surface area (Å²) in [5.74, 6) is -0.297. The molecule has 5 heteroatoms. The summed E-state index contributed by atoms with van der Waals surface area (Å²) in [6, 6.07) is 3.77. The van der Waals surface area contributed by atoms with Crippen LogP contribution in [0.3, 0.4) is 0 Å². The number of nitrogens with zero attached hydrogens (tertiary/aromatic N) is 2. The van der Waals surface area contributed by atoms with E-state index in [1.165, 1.54) is 0 Å². The summed E-state index contributed by atoms with van der Waals surface area (Å²) in [5, 5.41) is 9.66. The molecule has 2 atom stereocenters. The van der Waals surface area contributed by atoms with Gasteiger partial charge in [0, 0.05) is 13.1 Å². The van der Waals surface area contributed by atoms with Crippen LogP contribution < -0.4 is 10.6 Å². The minimum Gasteiger partial charge on any atom is -0.387 e. The lowest BCUT2D eigenvalue weighted by Crippen LogP contribution is -2.27. The zero-order chi connectivity index (χ0) is 13.1. The Morgan fingerprint density at radius 2 is 2.44 bits per heavy atom. The number of pyridine rings is 1. The molecule has 1 fully saturated rings. The average Bonchev–Trinajstić information content (AvgIpc) is 2.88. The molecule has 1 unspecified atom stereocenters. The van der Waals surface area contributed by atoms with Gasteiger partial charge in [0.2, 0.25) is 5.91 Å². The van der Waals surface area contributed by atoms with E-state index in [1.807, 2.05) is 19.1 Å². The Balaban J connectivity index is 2.05. The van der Waals surface area contributed by atoms with Gasteiger partial charge in [0.15, 0.2) is 0 Å². The molecule has 0 aromatic carbocycles. The molecule has 0 saturated carbocycles. The van der Waals surface area contributed by atoms with E-state index < -0.39 is 6.10 Å². The van der Waals surface area contributed by atoms with Gasteiger partial charge in [-0.1, -0.05) is 6.92 Å². The number of aromatic nitrogens is 1. The number of aliphatic hydroxyl groups excluding tert-OH is 1. The van der Waals surface area contributed by atoms with E-state index in [0.717, 1.165) is 18.7 Å². The first kappa shape index (κ1) is 12.8. The number of rotatable bonds is 4. The van der Waals surface area contributed by atoms with Crippen molar-refractivity contribution in [1.29, 1.82) is 0 Å². The lowest BCUT2D eigenvalue weighted by Gasteiger charge is -2.18. The van der Waals surface area contributed by atoms with Crippen molar-refractivity contribution >= 4 is 11.6 Å². The van der Waals surface area contributed by atoms with Gasteiger partial charge in [0.1, 0.15) is 0 Å². The first-order valence-electron chi connectivity index (χ1n) is 6.30. The minimum absolute atomic E-state index is 0.0640. The van der Waals surface area contributed by atoms with Crippen molar-refractivity contribution in [2.45, 2.75) is 25.9 Å². The molecular weight excluding hydrogens is 230 g/mol. The molecule has 1 aromatic heterocycles. The summed E-state index contributed by atoms with van der Waals surface area (Å²) in [6.07, 6.45) is 2.70. The molecule has 0 spiro atoms. The SMILES string of the molecule is CC[C@H](O)c1ccc(N2CCC(C(N)=O)C2)cn1. The molecule has 98 valence electrons. The van der Waals surface area contributed by atoms with Crippen LogP contribution in [0.15, 0.2) is 18.3 Å². The number of hydrogen-bond donors (Lipinski definition) is 2. The van der Waals surface area contributed by atoms with Gasteiger partial charge in [0.05, 0.1) is 29.6 Å². The predicted octanol–water partition coefficient (Wildman–Crippen LogP) is 0.837. The van der Waals surface area contributed by atoms with Crippen molar-refractivity contribution in [3.05, 3.63) is 24.0 Å². The highest BCUT2D eigenvalue weighted by molar-refractivity contribution is 5.78. The van der Waals surface area contributed by atoms with Crippen LogP contribution in [0.2, 0.25) is 0 Å². The van der Waals surface area contributed by atoms with Crippen LogP contribution in [0, 0.1) is 5.92 Å². The van der Waals surface area contributed by atoms with Crippen LogP contribution in [0.25, 0.3) is 0 Å². The quantitative estimate of drug-likeness (QED) is 0.828. The second kappa shape index (κ2) is 5.35. The Bertz CT molecular complexity index is 419. The van der Waals surface area contributed by atoms with E-state index in [9.17, 15) is 9.90 Å². The van der Waals surface area contributed by atoms with Gasteiger partial charge in [-0.15, -0.1) is 0 Å². The third kappa shape index (κ3) is 2.61. The van der Waals surface area contributed by atoms with E-state index in [4.69, 9.17) is 5.73 Å². The molecule has 0 bridgehead atoms. The molecule has 1 aliphatic heterocycles. The Hall–Kier alpha value is -1.62. The van der Waals surface area contributed by atoms with Crippen LogP contribution in [0.5, 0.6) is 0 Å². The summed E-state index contributed by atoms with van der Waals surface area (Å²) in [4.78, 5) is 17.5. The normalized spacial score (nSPS) is 21.0. The second-order valence-electron chi connectivity index (χ2n) is 4.70. The standard InChI is InChI=1S/C13H19N3O2/c1-2-12(17)11-4-3-10(7-15-11)16-6-5-9(8-16)13(14)18/h3-4,7,9,12,17H,2,5-6,8H2,1H3,(H2,14,18)/t9?,12-/m0/s1. The maximum Gasteiger partial charge on any atom is 0.222 e. The monoisotopic (exact) mass is 249 g/mol. The molecule has 1 aromatic rings. The van der Waals surface area contributed by atoms with Crippen molar-refractivity contribution in [3.63, 3.8) is 0 Å². The highest BCUT2D eigenvalue weighted by atomic mass is 16.3. The number of nitrogens with two attached hydrogens (primary N) is 1. The van der Waals surface area contributed by atoms with Gasteiger partial charge in [-0.05, 0) is 25.0 Å². The van der Waals surface area contributed by atoms with Gasteiger partial charge >= 0.3 is 0 Å². The number of hydrogen-bond acceptors (Lipinski definition) is 4. The molecule has 0 aliphatic carbocycles.